The van der Waals surface area contributed by atoms with Crippen LogP contribution in [0.3, 0.4) is 0 Å². The summed E-state index contributed by atoms with van der Waals surface area (Å²) in [5, 5.41) is 13.8. The molecule has 1 saturated heterocycles. The summed E-state index contributed by atoms with van der Waals surface area (Å²) in [5.74, 6) is 1.81. The number of nitrogens with zero attached hydrogens (tertiary/aromatic N) is 1. The van der Waals surface area contributed by atoms with Crippen molar-refractivity contribution in [2.24, 2.45) is 0 Å². The van der Waals surface area contributed by atoms with Crippen LogP contribution in [0.2, 0.25) is 0 Å². The maximum atomic E-state index is 13.2. The highest BCUT2D eigenvalue weighted by Crippen LogP contribution is 2.24. The number of rotatable bonds is 4. The SMILES string of the molecule is O=C(NCC1CSCCS1)c1cc(F)ccc1[N+](=O)[O-]. The number of thioether (sulfide) groups is 2. The molecule has 108 valence electrons. The molecule has 0 aromatic heterocycles. The van der Waals surface area contributed by atoms with Gasteiger partial charge in [-0.2, -0.15) is 23.5 Å². The third-order valence-corrected chi connectivity index (χ3v) is 5.62. The molecule has 0 radical (unpaired) electrons. The van der Waals surface area contributed by atoms with Gasteiger partial charge < -0.3 is 5.32 Å². The van der Waals surface area contributed by atoms with Gasteiger partial charge in [-0.25, -0.2) is 4.39 Å². The summed E-state index contributed by atoms with van der Waals surface area (Å²) in [6.07, 6.45) is 0. The number of carbonyl (C=O) groups excluding carboxylic acids is 1. The standard InChI is InChI=1S/C12H13FN2O3S2/c13-8-1-2-11(15(17)18)10(5-8)12(16)14-6-9-7-19-3-4-20-9/h1-2,5,9H,3-4,6-7H2,(H,14,16). The lowest BCUT2D eigenvalue weighted by atomic mass is 10.1. The van der Waals surface area contributed by atoms with E-state index in [1.165, 1.54) is 0 Å². The largest absolute Gasteiger partial charge is 0.351 e. The Labute approximate surface area is 123 Å². The van der Waals surface area contributed by atoms with Crippen molar-refractivity contribution in [3.05, 3.63) is 39.7 Å². The van der Waals surface area contributed by atoms with Crippen molar-refractivity contribution in [3.63, 3.8) is 0 Å². The highest BCUT2D eigenvalue weighted by atomic mass is 32.2. The summed E-state index contributed by atoms with van der Waals surface area (Å²) in [7, 11) is 0. The Balaban J connectivity index is 2.04. The van der Waals surface area contributed by atoms with Crippen LogP contribution >= 0.6 is 23.5 Å². The first-order chi connectivity index (χ1) is 9.58. The summed E-state index contributed by atoms with van der Waals surface area (Å²) in [6.45, 7) is 0.435. The number of nitrogens with one attached hydrogen (secondary N) is 1. The Hall–Kier alpha value is -1.28. The fraction of sp³-hybridized carbons (Fsp3) is 0.417. The van der Waals surface area contributed by atoms with Crippen molar-refractivity contribution in [1.29, 1.82) is 0 Å². The molecule has 0 saturated carbocycles. The number of halogens is 1. The average Bonchev–Trinajstić information content (AvgIpc) is 2.45. The number of hydrogen-bond acceptors (Lipinski definition) is 5. The van der Waals surface area contributed by atoms with Gasteiger partial charge in [-0.05, 0) is 12.1 Å². The molecule has 5 nitrogen and oxygen atoms in total. The van der Waals surface area contributed by atoms with E-state index in [4.69, 9.17) is 0 Å². The number of hydrogen-bond donors (Lipinski definition) is 1. The molecule has 1 aromatic rings. The molecule has 1 aromatic carbocycles. The summed E-state index contributed by atoms with van der Waals surface area (Å²) in [5.41, 5.74) is -0.613. The van der Waals surface area contributed by atoms with Crippen molar-refractivity contribution in [3.8, 4) is 0 Å². The van der Waals surface area contributed by atoms with Crippen LogP contribution in [0.25, 0.3) is 0 Å². The molecule has 1 heterocycles. The Morgan fingerprint density at radius 2 is 2.30 bits per heavy atom. The number of amides is 1. The van der Waals surface area contributed by atoms with Crippen LogP contribution < -0.4 is 5.32 Å². The smallest absolute Gasteiger partial charge is 0.282 e. The second-order valence-corrected chi connectivity index (χ2v) is 6.75. The molecule has 1 unspecified atom stereocenters. The van der Waals surface area contributed by atoms with E-state index in [-0.39, 0.29) is 11.3 Å². The number of benzene rings is 1. The zero-order valence-corrected chi connectivity index (χ0v) is 12.1. The third kappa shape index (κ3) is 3.86. The lowest BCUT2D eigenvalue weighted by molar-refractivity contribution is -0.385. The van der Waals surface area contributed by atoms with E-state index in [9.17, 15) is 19.3 Å². The number of carbonyl (C=O) groups is 1. The summed E-state index contributed by atoms with van der Waals surface area (Å²) in [6, 6.07) is 2.88. The molecule has 2 rings (SSSR count). The minimum atomic E-state index is -0.681. The Morgan fingerprint density at radius 3 is 2.95 bits per heavy atom. The lowest BCUT2D eigenvalue weighted by Gasteiger charge is -2.21. The van der Waals surface area contributed by atoms with Gasteiger partial charge >= 0.3 is 0 Å². The molecule has 20 heavy (non-hydrogen) atoms. The molecular formula is C12H13FN2O3S2. The lowest BCUT2D eigenvalue weighted by Crippen LogP contribution is -2.33. The van der Waals surface area contributed by atoms with Crippen LogP contribution in [-0.2, 0) is 0 Å². The second-order valence-electron chi connectivity index (χ2n) is 4.20. The van der Waals surface area contributed by atoms with Gasteiger partial charge in [-0.3, -0.25) is 14.9 Å². The highest BCUT2D eigenvalue weighted by molar-refractivity contribution is 8.06. The van der Waals surface area contributed by atoms with Crippen LogP contribution in [-0.4, -0.2) is 39.9 Å². The van der Waals surface area contributed by atoms with Gasteiger partial charge in [0.05, 0.1) is 4.92 Å². The fourth-order valence-electron chi connectivity index (χ4n) is 1.81. The topological polar surface area (TPSA) is 72.2 Å². The van der Waals surface area contributed by atoms with Gasteiger partial charge in [-0.1, -0.05) is 0 Å². The summed E-state index contributed by atoms with van der Waals surface area (Å²) in [4.78, 5) is 22.1. The molecule has 1 fully saturated rings. The fourth-order valence-corrected chi connectivity index (χ4v) is 4.42. The van der Waals surface area contributed by atoms with Gasteiger partial charge in [0.25, 0.3) is 11.6 Å². The molecule has 0 aliphatic carbocycles. The van der Waals surface area contributed by atoms with E-state index in [1.54, 1.807) is 11.8 Å². The van der Waals surface area contributed by atoms with Crippen molar-refractivity contribution in [2.45, 2.75) is 5.25 Å². The Morgan fingerprint density at radius 1 is 1.50 bits per heavy atom. The van der Waals surface area contributed by atoms with Gasteiger partial charge in [-0.15, -0.1) is 0 Å². The maximum absolute atomic E-state index is 13.2. The minimum absolute atomic E-state index is 0.233. The zero-order chi connectivity index (χ0) is 14.5. The van der Waals surface area contributed by atoms with Gasteiger partial charge in [0.1, 0.15) is 11.4 Å². The quantitative estimate of drug-likeness (QED) is 0.682. The molecule has 1 amide bonds. The Bertz CT molecular complexity index is 521. The van der Waals surface area contributed by atoms with Crippen LogP contribution in [0, 0.1) is 15.9 Å². The van der Waals surface area contributed by atoms with E-state index in [0.29, 0.717) is 11.8 Å². The minimum Gasteiger partial charge on any atom is -0.351 e. The van der Waals surface area contributed by atoms with Crippen LogP contribution in [0.5, 0.6) is 0 Å². The zero-order valence-electron chi connectivity index (χ0n) is 10.5. The van der Waals surface area contributed by atoms with Crippen LogP contribution in [0.1, 0.15) is 10.4 Å². The van der Waals surface area contributed by atoms with Crippen molar-refractivity contribution < 1.29 is 14.1 Å². The van der Waals surface area contributed by atoms with E-state index < -0.39 is 16.6 Å². The number of nitro groups is 1. The summed E-state index contributed by atoms with van der Waals surface area (Å²) < 4.78 is 13.2. The van der Waals surface area contributed by atoms with Crippen molar-refractivity contribution in [1.82, 2.24) is 5.32 Å². The van der Waals surface area contributed by atoms with Crippen LogP contribution in [0.4, 0.5) is 10.1 Å². The van der Waals surface area contributed by atoms with Gasteiger partial charge in [0.2, 0.25) is 0 Å². The first kappa shape index (κ1) is 15.1. The molecule has 1 atom stereocenters. The predicted molar refractivity (Wildman–Crippen MR) is 79.0 cm³/mol. The average molecular weight is 316 g/mol. The molecule has 0 bridgehead atoms. The van der Waals surface area contributed by atoms with Gasteiger partial charge in [0, 0.05) is 35.1 Å². The normalized spacial score (nSPS) is 18.6. The van der Waals surface area contributed by atoms with Gasteiger partial charge in [0.15, 0.2) is 0 Å². The molecule has 1 aliphatic rings. The maximum Gasteiger partial charge on any atom is 0.282 e. The first-order valence-electron chi connectivity index (χ1n) is 5.99. The molecule has 8 heteroatoms. The van der Waals surface area contributed by atoms with Crippen molar-refractivity contribution in [2.75, 3.05) is 23.8 Å². The molecule has 0 spiro atoms. The van der Waals surface area contributed by atoms with Crippen molar-refractivity contribution >= 4 is 35.1 Å². The third-order valence-electron chi connectivity index (χ3n) is 2.78. The summed E-state index contributed by atoms with van der Waals surface area (Å²) >= 11 is 3.59. The number of nitro benzene ring substituents is 1. The van der Waals surface area contributed by atoms with E-state index in [0.717, 1.165) is 35.5 Å². The molecule has 1 aliphatic heterocycles. The predicted octanol–water partition coefficient (Wildman–Crippen LogP) is 2.31. The monoisotopic (exact) mass is 316 g/mol. The first-order valence-corrected chi connectivity index (χ1v) is 8.20. The second kappa shape index (κ2) is 6.94. The molecule has 1 N–H and O–H groups in total. The van der Waals surface area contributed by atoms with E-state index in [2.05, 4.69) is 5.32 Å². The highest BCUT2D eigenvalue weighted by Gasteiger charge is 2.22. The Kier molecular flexibility index (Phi) is 5.24. The van der Waals surface area contributed by atoms with Crippen LogP contribution in [0.15, 0.2) is 18.2 Å². The molecular weight excluding hydrogens is 303 g/mol. The van der Waals surface area contributed by atoms with E-state index >= 15 is 0 Å². The van der Waals surface area contributed by atoms with E-state index in [1.807, 2.05) is 11.8 Å².